The first-order chi connectivity index (χ1) is 14.5. The molecule has 0 saturated heterocycles. The van der Waals surface area contributed by atoms with Gasteiger partial charge < -0.3 is 19.4 Å². The minimum atomic E-state index is -0.214. The highest BCUT2D eigenvalue weighted by molar-refractivity contribution is 6.31. The zero-order chi connectivity index (χ0) is 21.5. The molecule has 0 fully saturated rings. The van der Waals surface area contributed by atoms with Gasteiger partial charge >= 0.3 is 0 Å². The van der Waals surface area contributed by atoms with E-state index in [0.29, 0.717) is 6.61 Å². The molecule has 1 N–H and O–H groups in total. The number of aromatic nitrogens is 2. The summed E-state index contributed by atoms with van der Waals surface area (Å²) in [4.78, 5) is 16.7. The van der Waals surface area contributed by atoms with Crippen LogP contribution < -0.4 is 10.1 Å². The molecule has 0 aliphatic rings. The van der Waals surface area contributed by atoms with Crippen LogP contribution in [0.4, 0.5) is 0 Å². The Morgan fingerprint density at radius 2 is 2.03 bits per heavy atom. The van der Waals surface area contributed by atoms with Crippen LogP contribution in [0, 0.1) is 6.92 Å². The maximum absolute atomic E-state index is 11.9. The minimum absolute atomic E-state index is 0.0338. The molecule has 0 aliphatic carbocycles. The van der Waals surface area contributed by atoms with E-state index in [4.69, 9.17) is 26.1 Å². The van der Waals surface area contributed by atoms with Crippen molar-refractivity contribution in [2.24, 2.45) is 0 Å². The molecular weight excluding hydrogens is 402 g/mol. The van der Waals surface area contributed by atoms with Crippen molar-refractivity contribution in [3.05, 3.63) is 58.9 Å². The molecule has 30 heavy (non-hydrogen) atoms. The Morgan fingerprint density at radius 1 is 1.23 bits per heavy atom. The highest BCUT2D eigenvalue weighted by Gasteiger charge is 2.18. The van der Waals surface area contributed by atoms with E-state index in [1.165, 1.54) is 7.11 Å². The normalized spacial score (nSPS) is 12.1. The molecule has 1 atom stereocenters. The van der Waals surface area contributed by atoms with Crippen LogP contribution in [0.5, 0.6) is 5.75 Å². The minimum Gasteiger partial charge on any atom is -0.494 e. The number of amides is 1. The maximum atomic E-state index is 11.9. The van der Waals surface area contributed by atoms with Gasteiger partial charge in [0.25, 0.3) is 0 Å². The fourth-order valence-corrected chi connectivity index (χ4v) is 3.53. The standard InChI is InChI=1S/C23H28ClN3O3/c1-16-14-18(10-11-19(16)24)30-13-7-6-12-27-21-9-5-4-8-20(21)26-23(27)17(2)25-22(28)15-29-3/h4-5,8-11,14,17H,6-7,12-13,15H2,1-3H3,(H,25,28). The third kappa shape index (κ3) is 5.52. The summed E-state index contributed by atoms with van der Waals surface area (Å²) in [5.74, 6) is 1.52. The summed E-state index contributed by atoms with van der Waals surface area (Å²) in [6.07, 6.45) is 1.83. The lowest BCUT2D eigenvalue weighted by Gasteiger charge is -2.16. The number of aryl methyl sites for hydroxylation is 2. The molecule has 2 aromatic carbocycles. The molecule has 1 aromatic heterocycles. The van der Waals surface area contributed by atoms with Gasteiger partial charge in [-0.05, 0) is 62.6 Å². The second-order valence-corrected chi connectivity index (χ2v) is 7.71. The van der Waals surface area contributed by atoms with E-state index in [2.05, 4.69) is 16.0 Å². The van der Waals surface area contributed by atoms with E-state index in [0.717, 1.165) is 52.6 Å². The molecule has 0 radical (unpaired) electrons. The lowest BCUT2D eigenvalue weighted by molar-refractivity contribution is -0.125. The maximum Gasteiger partial charge on any atom is 0.246 e. The van der Waals surface area contributed by atoms with Crippen molar-refractivity contribution in [2.45, 2.75) is 39.3 Å². The van der Waals surface area contributed by atoms with Crippen LogP contribution in [-0.2, 0) is 16.1 Å². The molecular formula is C23H28ClN3O3. The Balaban J connectivity index is 1.62. The number of carbonyl (C=O) groups excluding carboxylic acids is 1. The van der Waals surface area contributed by atoms with Crippen LogP contribution in [0.3, 0.4) is 0 Å². The van der Waals surface area contributed by atoms with Crippen molar-refractivity contribution in [1.29, 1.82) is 0 Å². The average molecular weight is 430 g/mol. The summed E-state index contributed by atoms with van der Waals surface area (Å²) in [5, 5.41) is 3.69. The van der Waals surface area contributed by atoms with Gasteiger partial charge in [0.2, 0.25) is 5.91 Å². The largest absolute Gasteiger partial charge is 0.494 e. The molecule has 0 spiro atoms. The Kier molecular flexibility index (Phi) is 7.71. The topological polar surface area (TPSA) is 65.4 Å². The van der Waals surface area contributed by atoms with Crippen molar-refractivity contribution >= 4 is 28.5 Å². The van der Waals surface area contributed by atoms with Crippen LogP contribution in [-0.4, -0.2) is 35.8 Å². The van der Waals surface area contributed by atoms with Gasteiger partial charge in [0.05, 0.1) is 23.7 Å². The molecule has 7 heteroatoms. The summed E-state index contributed by atoms with van der Waals surface area (Å²) in [7, 11) is 1.51. The van der Waals surface area contributed by atoms with Gasteiger partial charge in [-0.25, -0.2) is 4.98 Å². The van der Waals surface area contributed by atoms with E-state index >= 15 is 0 Å². The highest BCUT2D eigenvalue weighted by atomic mass is 35.5. The zero-order valence-corrected chi connectivity index (χ0v) is 18.4. The van der Waals surface area contributed by atoms with Crippen molar-refractivity contribution in [3.63, 3.8) is 0 Å². The van der Waals surface area contributed by atoms with Crippen molar-refractivity contribution < 1.29 is 14.3 Å². The summed E-state index contributed by atoms with van der Waals surface area (Å²) in [5.41, 5.74) is 3.00. The first kappa shape index (κ1) is 22.1. The number of ether oxygens (including phenoxy) is 2. The van der Waals surface area contributed by atoms with Gasteiger partial charge in [-0.1, -0.05) is 23.7 Å². The Labute approximate surface area is 182 Å². The van der Waals surface area contributed by atoms with Gasteiger partial charge in [0.1, 0.15) is 18.2 Å². The van der Waals surface area contributed by atoms with E-state index in [-0.39, 0.29) is 18.6 Å². The monoisotopic (exact) mass is 429 g/mol. The number of nitrogens with one attached hydrogen (secondary N) is 1. The third-order valence-corrected chi connectivity index (χ3v) is 5.32. The second kappa shape index (κ2) is 10.5. The van der Waals surface area contributed by atoms with E-state index in [9.17, 15) is 4.79 Å². The van der Waals surface area contributed by atoms with Crippen LogP contribution in [0.1, 0.15) is 37.2 Å². The lowest BCUT2D eigenvalue weighted by atomic mass is 10.2. The van der Waals surface area contributed by atoms with Crippen LogP contribution in [0.2, 0.25) is 5.02 Å². The first-order valence-electron chi connectivity index (χ1n) is 10.1. The lowest BCUT2D eigenvalue weighted by Crippen LogP contribution is -2.31. The predicted molar refractivity (Wildman–Crippen MR) is 119 cm³/mol. The van der Waals surface area contributed by atoms with Gasteiger partial charge in [-0.2, -0.15) is 0 Å². The van der Waals surface area contributed by atoms with Gasteiger partial charge in [0, 0.05) is 18.7 Å². The number of unbranched alkanes of at least 4 members (excludes halogenated alkanes) is 1. The number of halogens is 1. The van der Waals surface area contributed by atoms with E-state index < -0.39 is 0 Å². The summed E-state index contributed by atoms with van der Waals surface area (Å²) >= 11 is 6.06. The van der Waals surface area contributed by atoms with Crippen LogP contribution in [0.15, 0.2) is 42.5 Å². The number of para-hydroxylation sites is 2. The van der Waals surface area contributed by atoms with Gasteiger partial charge in [0.15, 0.2) is 0 Å². The zero-order valence-electron chi connectivity index (χ0n) is 17.7. The van der Waals surface area contributed by atoms with Gasteiger partial charge in [-0.15, -0.1) is 0 Å². The molecule has 0 bridgehead atoms. The Hall–Kier alpha value is -2.57. The van der Waals surface area contributed by atoms with Crippen molar-refractivity contribution in [1.82, 2.24) is 14.9 Å². The molecule has 3 rings (SSSR count). The third-order valence-electron chi connectivity index (χ3n) is 4.90. The SMILES string of the molecule is COCC(=O)NC(C)c1nc2ccccc2n1CCCCOc1ccc(Cl)c(C)c1. The molecule has 160 valence electrons. The Bertz CT molecular complexity index is 1000. The number of benzene rings is 2. The smallest absolute Gasteiger partial charge is 0.246 e. The number of hydrogen-bond acceptors (Lipinski definition) is 4. The average Bonchev–Trinajstić information content (AvgIpc) is 3.09. The summed E-state index contributed by atoms with van der Waals surface area (Å²) in [6.45, 7) is 5.36. The predicted octanol–water partition coefficient (Wildman–Crippen LogP) is 4.68. The molecule has 0 aliphatic heterocycles. The highest BCUT2D eigenvalue weighted by Crippen LogP contribution is 2.23. The molecule has 3 aromatic rings. The molecule has 1 heterocycles. The van der Waals surface area contributed by atoms with Crippen LogP contribution in [0.25, 0.3) is 11.0 Å². The number of hydrogen-bond donors (Lipinski definition) is 1. The van der Waals surface area contributed by atoms with E-state index in [1.807, 2.05) is 50.2 Å². The van der Waals surface area contributed by atoms with Gasteiger partial charge in [-0.3, -0.25) is 4.79 Å². The fraction of sp³-hybridized carbons (Fsp3) is 0.391. The fourth-order valence-electron chi connectivity index (χ4n) is 3.41. The summed E-state index contributed by atoms with van der Waals surface area (Å²) in [6, 6.07) is 13.5. The van der Waals surface area contributed by atoms with Crippen molar-refractivity contribution in [3.8, 4) is 5.75 Å². The molecule has 1 unspecified atom stereocenters. The number of fused-ring (bicyclic) bond motifs is 1. The number of methoxy groups -OCH3 is 1. The number of carbonyl (C=O) groups is 1. The number of rotatable bonds is 10. The number of imidazole rings is 1. The first-order valence-corrected chi connectivity index (χ1v) is 10.5. The molecule has 0 saturated carbocycles. The molecule has 6 nitrogen and oxygen atoms in total. The number of nitrogens with zero attached hydrogens (tertiary/aromatic N) is 2. The quantitative estimate of drug-likeness (QED) is 0.475. The van der Waals surface area contributed by atoms with E-state index in [1.54, 1.807) is 0 Å². The summed E-state index contributed by atoms with van der Waals surface area (Å²) < 4.78 is 12.9. The second-order valence-electron chi connectivity index (χ2n) is 7.30. The van der Waals surface area contributed by atoms with Crippen LogP contribution >= 0.6 is 11.6 Å². The Morgan fingerprint density at radius 3 is 2.80 bits per heavy atom. The molecule has 1 amide bonds. The van der Waals surface area contributed by atoms with Crippen molar-refractivity contribution in [2.75, 3.05) is 20.3 Å².